The number of aliphatic hydroxyl groups excluding tert-OH is 1. The molecule has 1 saturated heterocycles. The molecule has 88 valence electrons. The summed E-state index contributed by atoms with van der Waals surface area (Å²) in [6.45, 7) is 2.97. The number of hydrogen-bond donors (Lipinski definition) is 2. The largest absolute Gasteiger partial charge is 0.496 e. The lowest BCUT2D eigenvalue weighted by molar-refractivity contribution is 0.0371. The van der Waals surface area contributed by atoms with Gasteiger partial charge < -0.3 is 15.2 Å². The van der Waals surface area contributed by atoms with Crippen LogP contribution in [-0.2, 0) is 5.54 Å². The van der Waals surface area contributed by atoms with Gasteiger partial charge >= 0.3 is 0 Å². The molecule has 1 aromatic carbocycles. The third kappa shape index (κ3) is 1.81. The number of benzene rings is 1. The molecule has 3 heteroatoms. The van der Waals surface area contributed by atoms with Crippen molar-refractivity contribution in [3.05, 3.63) is 29.8 Å². The number of para-hydroxylation sites is 1. The molecule has 3 nitrogen and oxygen atoms in total. The lowest BCUT2D eigenvalue weighted by Gasteiger charge is -2.40. The Bertz CT molecular complexity index is 367. The van der Waals surface area contributed by atoms with Gasteiger partial charge in [-0.15, -0.1) is 0 Å². The minimum atomic E-state index is -0.398. The Kier molecular flexibility index (Phi) is 3.17. The molecule has 0 spiro atoms. The molecule has 16 heavy (non-hydrogen) atoms. The van der Waals surface area contributed by atoms with Crippen molar-refractivity contribution < 1.29 is 9.84 Å². The van der Waals surface area contributed by atoms with Crippen LogP contribution in [0.25, 0.3) is 0 Å². The molecule has 1 heterocycles. The average Bonchev–Trinajstić information content (AvgIpc) is 2.33. The van der Waals surface area contributed by atoms with E-state index in [9.17, 15) is 5.11 Å². The summed E-state index contributed by atoms with van der Waals surface area (Å²) in [4.78, 5) is 0. The third-order valence-corrected chi connectivity index (χ3v) is 3.48. The van der Waals surface area contributed by atoms with Gasteiger partial charge in [0.1, 0.15) is 5.75 Å². The van der Waals surface area contributed by atoms with Crippen molar-refractivity contribution in [2.24, 2.45) is 0 Å². The zero-order valence-corrected chi connectivity index (χ0v) is 9.86. The molecule has 2 N–H and O–H groups in total. The topological polar surface area (TPSA) is 41.5 Å². The molecule has 0 aromatic heterocycles. The van der Waals surface area contributed by atoms with Gasteiger partial charge in [0.15, 0.2) is 0 Å². The predicted octanol–water partition coefficient (Wildman–Crippen LogP) is 1.65. The summed E-state index contributed by atoms with van der Waals surface area (Å²) < 4.78 is 5.36. The smallest absolute Gasteiger partial charge is 0.124 e. The minimum absolute atomic E-state index is 0.363. The van der Waals surface area contributed by atoms with Gasteiger partial charge in [0, 0.05) is 5.56 Å². The fourth-order valence-corrected chi connectivity index (χ4v) is 2.40. The van der Waals surface area contributed by atoms with E-state index in [0.29, 0.717) is 0 Å². The predicted molar refractivity (Wildman–Crippen MR) is 63.6 cm³/mol. The highest BCUT2D eigenvalue weighted by molar-refractivity contribution is 5.40. The molecule has 1 aromatic rings. The van der Waals surface area contributed by atoms with Crippen molar-refractivity contribution in [2.45, 2.75) is 31.4 Å². The molecular formula is C13H19NO2. The molecule has 0 aliphatic carbocycles. The second-order valence-electron chi connectivity index (χ2n) is 4.49. The first-order valence-electron chi connectivity index (χ1n) is 5.75. The molecule has 0 amide bonds. The highest BCUT2D eigenvalue weighted by Gasteiger charge is 2.38. The van der Waals surface area contributed by atoms with Gasteiger partial charge in [-0.1, -0.05) is 18.2 Å². The number of methoxy groups -OCH3 is 1. The summed E-state index contributed by atoms with van der Waals surface area (Å²) in [5, 5.41) is 13.6. The van der Waals surface area contributed by atoms with Crippen LogP contribution >= 0.6 is 0 Å². The van der Waals surface area contributed by atoms with Gasteiger partial charge in [-0.05, 0) is 32.4 Å². The number of aliphatic hydroxyl groups is 1. The molecule has 0 bridgehead atoms. The van der Waals surface area contributed by atoms with E-state index in [4.69, 9.17) is 4.74 Å². The van der Waals surface area contributed by atoms with Crippen LogP contribution in [0.5, 0.6) is 5.75 Å². The van der Waals surface area contributed by atoms with E-state index in [1.807, 2.05) is 31.2 Å². The van der Waals surface area contributed by atoms with E-state index in [-0.39, 0.29) is 6.10 Å². The van der Waals surface area contributed by atoms with Crippen LogP contribution in [0.3, 0.4) is 0 Å². The SMILES string of the molecule is COc1ccccc1C1(C)NCCCC1O. The molecule has 2 atom stereocenters. The van der Waals surface area contributed by atoms with Crippen molar-refractivity contribution in [1.82, 2.24) is 5.32 Å². The molecule has 0 radical (unpaired) electrons. The molecule has 1 fully saturated rings. The fourth-order valence-electron chi connectivity index (χ4n) is 2.40. The van der Waals surface area contributed by atoms with Crippen molar-refractivity contribution in [1.29, 1.82) is 0 Å². The lowest BCUT2D eigenvalue weighted by atomic mass is 9.81. The molecule has 1 aliphatic heterocycles. The summed E-state index contributed by atoms with van der Waals surface area (Å²) in [5.74, 6) is 0.832. The van der Waals surface area contributed by atoms with Crippen LogP contribution in [0.15, 0.2) is 24.3 Å². The van der Waals surface area contributed by atoms with Gasteiger partial charge in [-0.25, -0.2) is 0 Å². The number of hydrogen-bond acceptors (Lipinski definition) is 3. The second-order valence-corrected chi connectivity index (χ2v) is 4.49. The van der Waals surface area contributed by atoms with Crippen LogP contribution in [0.1, 0.15) is 25.3 Å². The first kappa shape index (κ1) is 11.4. The maximum absolute atomic E-state index is 10.2. The maximum atomic E-state index is 10.2. The van der Waals surface area contributed by atoms with Gasteiger partial charge in [-0.3, -0.25) is 0 Å². The summed E-state index contributed by atoms with van der Waals surface area (Å²) in [5.41, 5.74) is 0.634. The van der Waals surface area contributed by atoms with Crippen LogP contribution in [0, 0.1) is 0 Å². The Morgan fingerprint density at radius 1 is 1.44 bits per heavy atom. The van der Waals surface area contributed by atoms with Gasteiger partial charge in [0.2, 0.25) is 0 Å². The van der Waals surface area contributed by atoms with Crippen molar-refractivity contribution in [2.75, 3.05) is 13.7 Å². The van der Waals surface area contributed by atoms with Crippen molar-refractivity contribution in [3.8, 4) is 5.75 Å². The van der Waals surface area contributed by atoms with E-state index < -0.39 is 5.54 Å². The molecular weight excluding hydrogens is 202 g/mol. The first-order chi connectivity index (χ1) is 7.68. The highest BCUT2D eigenvalue weighted by Crippen LogP contribution is 2.35. The van der Waals surface area contributed by atoms with Gasteiger partial charge in [0.05, 0.1) is 18.8 Å². The minimum Gasteiger partial charge on any atom is -0.496 e. The van der Waals surface area contributed by atoms with Crippen LogP contribution in [-0.4, -0.2) is 24.9 Å². The van der Waals surface area contributed by atoms with Gasteiger partial charge in [0.25, 0.3) is 0 Å². The summed E-state index contributed by atoms with van der Waals surface area (Å²) in [7, 11) is 1.66. The maximum Gasteiger partial charge on any atom is 0.124 e. The molecule has 0 saturated carbocycles. The fraction of sp³-hybridized carbons (Fsp3) is 0.538. The summed E-state index contributed by atoms with van der Waals surface area (Å²) >= 11 is 0. The van der Waals surface area contributed by atoms with Crippen LogP contribution in [0.4, 0.5) is 0 Å². The monoisotopic (exact) mass is 221 g/mol. The second kappa shape index (κ2) is 4.44. The van der Waals surface area contributed by atoms with E-state index in [0.717, 1.165) is 30.7 Å². The van der Waals surface area contributed by atoms with Crippen LogP contribution < -0.4 is 10.1 Å². The van der Waals surface area contributed by atoms with Gasteiger partial charge in [-0.2, -0.15) is 0 Å². The number of rotatable bonds is 2. The Hall–Kier alpha value is -1.06. The zero-order valence-electron chi connectivity index (χ0n) is 9.86. The van der Waals surface area contributed by atoms with E-state index in [1.165, 1.54) is 0 Å². The average molecular weight is 221 g/mol. The van der Waals surface area contributed by atoms with Crippen molar-refractivity contribution >= 4 is 0 Å². The standard InChI is InChI=1S/C13H19NO2/c1-13(12(15)8-5-9-14-13)10-6-3-4-7-11(10)16-2/h3-4,6-7,12,14-15H,5,8-9H2,1-2H3. The first-order valence-corrected chi connectivity index (χ1v) is 5.75. The highest BCUT2D eigenvalue weighted by atomic mass is 16.5. The summed E-state index contributed by atoms with van der Waals surface area (Å²) in [6, 6.07) is 7.87. The Labute approximate surface area is 96.4 Å². The molecule has 1 aliphatic rings. The third-order valence-electron chi connectivity index (χ3n) is 3.48. The van der Waals surface area contributed by atoms with E-state index in [1.54, 1.807) is 7.11 Å². The Morgan fingerprint density at radius 3 is 2.88 bits per heavy atom. The number of nitrogens with one attached hydrogen (secondary N) is 1. The van der Waals surface area contributed by atoms with E-state index >= 15 is 0 Å². The number of piperidine rings is 1. The molecule has 2 unspecified atom stereocenters. The number of ether oxygens (including phenoxy) is 1. The Morgan fingerprint density at radius 2 is 2.19 bits per heavy atom. The normalized spacial score (nSPS) is 30.1. The van der Waals surface area contributed by atoms with Crippen molar-refractivity contribution in [3.63, 3.8) is 0 Å². The summed E-state index contributed by atoms with van der Waals surface area (Å²) in [6.07, 6.45) is 1.49. The Balaban J connectivity index is 2.40. The lowest BCUT2D eigenvalue weighted by Crippen LogP contribution is -2.53. The molecule has 2 rings (SSSR count). The quantitative estimate of drug-likeness (QED) is 0.798. The zero-order chi connectivity index (χ0) is 11.6. The van der Waals surface area contributed by atoms with Crippen LogP contribution in [0.2, 0.25) is 0 Å². The van der Waals surface area contributed by atoms with E-state index in [2.05, 4.69) is 5.32 Å².